The van der Waals surface area contributed by atoms with Crippen molar-refractivity contribution in [1.29, 1.82) is 0 Å². The Bertz CT molecular complexity index is 827. The van der Waals surface area contributed by atoms with E-state index in [9.17, 15) is 24.6 Å². The molecule has 1 aliphatic carbocycles. The maximum Gasteiger partial charge on any atom is 0.339 e. The van der Waals surface area contributed by atoms with E-state index >= 15 is 0 Å². The molecule has 2 saturated heterocycles. The molecule has 4 rings (SSSR count). The van der Waals surface area contributed by atoms with Crippen molar-refractivity contribution in [3.8, 4) is 0 Å². The molecule has 0 radical (unpaired) electrons. The van der Waals surface area contributed by atoms with Crippen LogP contribution in [0.5, 0.6) is 0 Å². The van der Waals surface area contributed by atoms with Crippen LogP contribution in [0.4, 0.5) is 5.82 Å². The van der Waals surface area contributed by atoms with Gasteiger partial charge in [0.25, 0.3) is 0 Å². The van der Waals surface area contributed by atoms with Crippen molar-refractivity contribution < 1.29 is 24.6 Å². The molecule has 2 aliphatic heterocycles. The maximum absolute atomic E-state index is 12.6. The first kappa shape index (κ1) is 18.7. The number of piperidine rings is 1. The molecule has 8 nitrogen and oxygen atoms in total. The second-order valence-electron chi connectivity index (χ2n) is 8.41. The summed E-state index contributed by atoms with van der Waals surface area (Å²) in [5.74, 6) is -1.47. The highest BCUT2D eigenvalue weighted by atomic mass is 16.4. The zero-order valence-corrected chi connectivity index (χ0v) is 15.9. The molecule has 1 spiro atoms. The van der Waals surface area contributed by atoms with Crippen LogP contribution in [0.2, 0.25) is 0 Å². The van der Waals surface area contributed by atoms with Crippen LogP contribution >= 0.6 is 0 Å². The molecule has 0 bridgehead atoms. The molecule has 3 aliphatic rings. The monoisotopic (exact) mass is 387 g/mol. The maximum atomic E-state index is 12.6. The van der Waals surface area contributed by atoms with Crippen molar-refractivity contribution in [3.63, 3.8) is 0 Å². The Morgan fingerprint density at radius 3 is 2.39 bits per heavy atom. The number of nitrogens with zero attached hydrogens (tertiary/aromatic N) is 3. The van der Waals surface area contributed by atoms with Gasteiger partial charge in [0.05, 0.1) is 0 Å². The summed E-state index contributed by atoms with van der Waals surface area (Å²) in [6.45, 7) is 3.53. The SMILES string of the molecule is Cc1ccc(C(=O)O)c(N2CCC3(CC2)C[C@@H](C(=O)O)N(C(=O)C2CC2)C3)n1. The summed E-state index contributed by atoms with van der Waals surface area (Å²) in [7, 11) is 0. The van der Waals surface area contributed by atoms with E-state index in [1.54, 1.807) is 17.0 Å². The van der Waals surface area contributed by atoms with Gasteiger partial charge in [-0.25, -0.2) is 14.6 Å². The number of pyridine rings is 1. The van der Waals surface area contributed by atoms with E-state index in [1.807, 2.05) is 11.8 Å². The quantitative estimate of drug-likeness (QED) is 0.810. The minimum Gasteiger partial charge on any atom is -0.480 e. The fraction of sp³-hybridized carbons (Fsp3) is 0.600. The normalized spacial score (nSPS) is 23.8. The Morgan fingerprint density at radius 2 is 1.82 bits per heavy atom. The Labute approximate surface area is 163 Å². The number of amides is 1. The highest BCUT2D eigenvalue weighted by molar-refractivity contribution is 5.93. The number of carboxylic acids is 2. The Kier molecular flexibility index (Phi) is 4.51. The summed E-state index contributed by atoms with van der Waals surface area (Å²) in [6.07, 6.45) is 3.64. The average Bonchev–Trinajstić information content (AvgIpc) is 3.44. The van der Waals surface area contributed by atoms with Gasteiger partial charge in [0, 0.05) is 31.2 Å². The minimum absolute atomic E-state index is 0.00621. The van der Waals surface area contributed by atoms with Crippen molar-refractivity contribution in [3.05, 3.63) is 23.4 Å². The second kappa shape index (κ2) is 6.76. The zero-order chi connectivity index (χ0) is 20.1. The summed E-state index contributed by atoms with van der Waals surface area (Å²) in [5, 5.41) is 19.1. The molecular weight excluding hydrogens is 362 g/mol. The number of hydrogen-bond donors (Lipinski definition) is 2. The largest absolute Gasteiger partial charge is 0.480 e. The predicted octanol–water partition coefficient (Wildman–Crippen LogP) is 1.77. The van der Waals surface area contributed by atoms with Gasteiger partial charge in [0.2, 0.25) is 5.91 Å². The third kappa shape index (κ3) is 3.31. The van der Waals surface area contributed by atoms with Gasteiger partial charge in [-0.05, 0) is 56.6 Å². The topological polar surface area (TPSA) is 111 Å². The van der Waals surface area contributed by atoms with Crippen LogP contribution in [0.1, 0.15) is 48.2 Å². The lowest BCUT2D eigenvalue weighted by molar-refractivity contribution is -0.148. The van der Waals surface area contributed by atoms with E-state index in [4.69, 9.17) is 0 Å². The Morgan fingerprint density at radius 1 is 1.14 bits per heavy atom. The summed E-state index contributed by atoms with van der Waals surface area (Å²) >= 11 is 0. The van der Waals surface area contributed by atoms with E-state index in [0.29, 0.717) is 31.9 Å². The van der Waals surface area contributed by atoms with Gasteiger partial charge >= 0.3 is 11.9 Å². The lowest BCUT2D eigenvalue weighted by atomic mass is 9.76. The minimum atomic E-state index is -1.00. The van der Waals surface area contributed by atoms with Crippen molar-refractivity contribution in [1.82, 2.24) is 9.88 Å². The molecule has 0 aromatic carbocycles. The molecule has 0 unspecified atom stereocenters. The van der Waals surface area contributed by atoms with Crippen LogP contribution in [-0.4, -0.2) is 63.6 Å². The number of aromatic carboxylic acids is 1. The van der Waals surface area contributed by atoms with Crippen LogP contribution < -0.4 is 4.90 Å². The smallest absolute Gasteiger partial charge is 0.339 e. The van der Waals surface area contributed by atoms with Crippen LogP contribution in [0.25, 0.3) is 0 Å². The number of aryl methyl sites for hydroxylation is 1. The molecule has 2 N–H and O–H groups in total. The van der Waals surface area contributed by atoms with Crippen LogP contribution in [0.15, 0.2) is 12.1 Å². The molecule has 1 amide bonds. The van der Waals surface area contributed by atoms with Crippen molar-refractivity contribution in [2.24, 2.45) is 11.3 Å². The first-order chi connectivity index (χ1) is 13.3. The first-order valence-electron chi connectivity index (χ1n) is 9.79. The number of carbonyl (C=O) groups is 3. The number of anilines is 1. The summed E-state index contributed by atoms with van der Waals surface area (Å²) < 4.78 is 0. The molecule has 1 aromatic rings. The van der Waals surface area contributed by atoms with Gasteiger partial charge in [-0.2, -0.15) is 0 Å². The number of hydrogen-bond acceptors (Lipinski definition) is 5. The van der Waals surface area contributed by atoms with Crippen molar-refractivity contribution in [2.45, 2.75) is 45.1 Å². The zero-order valence-electron chi connectivity index (χ0n) is 15.9. The second-order valence-corrected chi connectivity index (χ2v) is 8.41. The molecule has 1 saturated carbocycles. The van der Waals surface area contributed by atoms with E-state index in [1.165, 1.54) is 0 Å². The molecule has 150 valence electrons. The number of rotatable bonds is 4. The number of carbonyl (C=O) groups excluding carboxylic acids is 1. The molecule has 28 heavy (non-hydrogen) atoms. The van der Waals surface area contributed by atoms with Gasteiger partial charge in [0.15, 0.2) is 0 Å². The van der Waals surface area contributed by atoms with Crippen molar-refractivity contribution in [2.75, 3.05) is 24.5 Å². The van der Waals surface area contributed by atoms with Crippen LogP contribution in [0.3, 0.4) is 0 Å². The summed E-state index contributed by atoms with van der Waals surface area (Å²) in [4.78, 5) is 43.9. The molecule has 3 heterocycles. The standard InChI is InChI=1S/C20H25N3O5/c1-12-2-5-14(18(25)26)16(21-12)22-8-6-20(7-9-22)10-15(19(27)28)23(11-20)17(24)13-3-4-13/h2,5,13,15H,3-4,6-11H2,1H3,(H,25,26)(H,27,28)/t15-/m0/s1. The lowest BCUT2D eigenvalue weighted by Crippen LogP contribution is -2.44. The number of aliphatic carboxylic acids is 1. The van der Waals surface area contributed by atoms with Gasteiger partial charge in [0.1, 0.15) is 17.4 Å². The highest BCUT2D eigenvalue weighted by Gasteiger charge is 2.52. The first-order valence-corrected chi connectivity index (χ1v) is 9.79. The number of likely N-dealkylation sites (tertiary alicyclic amines) is 1. The van der Waals surface area contributed by atoms with E-state index in [-0.39, 0.29) is 22.8 Å². The molecular formula is C20H25N3O5. The molecule has 8 heteroatoms. The lowest BCUT2D eigenvalue weighted by Gasteiger charge is -2.40. The average molecular weight is 387 g/mol. The van der Waals surface area contributed by atoms with E-state index < -0.39 is 18.0 Å². The van der Waals surface area contributed by atoms with Gasteiger partial charge in [-0.1, -0.05) is 0 Å². The van der Waals surface area contributed by atoms with Gasteiger partial charge < -0.3 is 20.0 Å². The predicted molar refractivity (Wildman–Crippen MR) is 100 cm³/mol. The number of carboxylic acid groups (broad SMARTS) is 2. The van der Waals surface area contributed by atoms with Gasteiger partial charge in [-0.15, -0.1) is 0 Å². The fourth-order valence-electron chi connectivity index (χ4n) is 4.58. The van der Waals surface area contributed by atoms with E-state index in [0.717, 1.165) is 31.4 Å². The van der Waals surface area contributed by atoms with Crippen LogP contribution in [-0.2, 0) is 9.59 Å². The Balaban J connectivity index is 1.51. The molecule has 1 aromatic heterocycles. The van der Waals surface area contributed by atoms with Crippen LogP contribution in [0, 0.1) is 18.3 Å². The molecule has 3 fully saturated rings. The van der Waals surface area contributed by atoms with Gasteiger partial charge in [-0.3, -0.25) is 4.79 Å². The third-order valence-electron chi connectivity index (χ3n) is 6.37. The number of aromatic nitrogens is 1. The fourth-order valence-corrected chi connectivity index (χ4v) is 4.58. The summed E-state index contributed by atoms with van der Waals surface area (Å²) in [6, 6.07) is 2.52. The highest BCUT2D eigenvalue weighted by Crippen LogP contribution is 2.46. The summed E-state index contributed by atoms with van der Waals surface area (Å²) in [5.41, 5.74) is 0.729. The molecule has 1 atom stereocenters. The van der Waals surface area contributed by atoms with Crippen molar-refractivity contribution >= 4 is 23.7 Å². The third-order valence-corrected chi connectivity index (χ3v) is 6.37. The Hall–Kier alpha value is -2.64. The van der Waals surface area contributed by atoms with E-state index in [2.05, 4.69) is 4.98 Å².